The summed E-state index contributed by atoms with van der Waals surface area (Å²) in [6.45, 7) is 4.76. The number of benzene rings is 2. The Morgan fingerprint density at radius 3 is 2.78 bits per heavy atom. The van der Waals surface area contributed by atoms with Gasteiger partial charge >= 0.3 is 0 Å². The third-order valence-electron chi connectivity index (χ3n) is 5.19. The van der Waals surface area contributed by atoms with Crippen molar-refractivity contribution in [3.8, 4) is 0 Å². The zero-order valence-corrected chi connectivity index (χ0v) is 19.6. The maximum atomic E-state index is 13.5. The minimum absolute atomic E-state index is 0.0174. The number of nitrogens with zero attached hydrogens (tertiary/aromatic N) is 4. The summed E-state index contributed by atoms with van der Waals surface area (Å²) in [4.78, 5) is 24.1. The fraction of sp³-hybridized carbons (Fsp3) is 0.261. The maximum absolute atomic E-state index is 13.5. The van der Waals surface area contributed by atoms with E-state index in [4.69, 9.17) is 0 Å². The van der Waals surface area contributed by atoms with E-state index in [1.807, 2.05) is 29.8 Å². The molecule has 2 heterocycles. The minimum Gasteiger partial charge on any atom is -0.337 e. The van der Waals surface area contributed by atoms with E-state index in [2.05, 4.69) is 16.0 Å². The fourth-order valence-corrected chi connectivity index (χ4v) is 5.41. The van der Waals surface area contributed by atoms with Crippen LogP contribution in [-0.4, -0.2) is 41.2 Å². The maximum Gasteiger partial charge on any atom is 0.260 e. The van der Waals surface area contributed by atoms with Gasteiger partial charge in [0.05, 0.1) is 27.2 Å². The SMILES string of the molecule is CCS(=O)(=O)c1cccc(C(=O)N(CCCn2ccnc2)c2nc3ccc(C)cc3s2)c1. The summed E-state index contributed by atoms with van der Waals surface area (Å²) in [5, 5.41) is 0.602. The van der Waals surface area contributed by atoms with E-state index in [1.165, 1.54) is 23.5 Å². The molecular weight excluding hydrogens is 444 g/mol. The Hall–Kier alpha value is -3.04. The van der Waals surface area contributed by atoms with Crippen LogP contribution >= 0.6 is 11.3 Å². The first kappa shape index (κ1) is 22.2. The summed E-state index contributed by atoms with van der Waals surface area (Å²) >= 11 is 1.46. The summed E-state index contributed by atoms with van der Waals surface area (Å²) < 4.78 is 27.6. The topological polar surface area (TPSA) is 85.2 Å². The Kier molecular flexibility index (Phi) is 6.38. The number of sulfone groups is 1. The lowest BCUT2D eigenvalue weighted by Gasteiger charge is -2.20. The van der Waals surface area contributed by atoms with Gasteiger partial charge in [-0.05, 0) is 49.2 Å². The molecule has 0 radical (unpaired) electrons. The van der Waals surface area contributed by atoms with Crippen LogP contribution in [0.3, 0.4) is 0 Å². The number of thiazole rings is 1. The molecule has 32 heavy (non-hydrogen) atoms. The third-order valence-corrected chi connectivity index (χ3v) is 7.96. The largest absolute Gasteiger partial charge is 0.337 e. The standard InChI is InChI=1S/C23H24N4O3S2/c1-3-32(29,30)19-7-4-6-18(15-19)22(28)27(12-5-11-26-13-10-24-16-26)23-25-20-9-8-17(2)14-21(20)31-23/h4,6-10,13-16H,3,5,11-12H2,1-2H3. The number of carbonyl (C=O) groups excluding carboxylic acids is 1. The highest BCUT2D eigenvalue weighted by molar-refractivity contribution is 7.91. The number of hydrogen-bond acceptors (Lipinski definition) is 6. The molecule has 0 saturated heterocycles. The van der Waals surface area contributed by atoms with E-state index in [-0.39, 0.29) is 16.6 Å². The van der Waals surface area contributed by atoms with Gasteiger partial charge in [-0.1, -0.05) is 30.4 Å². The van der Waals surface area contributed by atoms with Crippen LogP contribution < -0.4 is 4.90 Å². The molecular formula is C23H24N4O3S2. The number of anilines is 1. The third kappa shape index (κ3) is 4.73. The van der Waals surface area contributed by atoms with Gasteiger partial charge in [0.25, 0.3) is 5.91 Å². The Morgan fingerprint density at radius 1 is 1.19 bits per heavy atom. The van der Waals surface area contributed by atoms with Crippen LogP contribution in [-0.2, 0) is 16.4 Å². The normalized spacial score (nSPS) is 11.7. The summed E-state index contributed by atoms with van der Waals surface area (Å²) in [6.07, 6.45) is 6.04. The molecule has 1 amide bonds. The van der Waals surface area contributed by atoms with Crippen LogP contribution in [0.5, 0.6) is 0 Å². The molecule has 4 aromatic rings. The molecule has 2 aromatic heterocycles. The van der Waals surface area contributed by atoms with E-state index in [1.54, 1.807) is 36.5 Å². The van der Waals surface area contributed by atoms with Crippen molar-refractivity contribution in [2.24, 2.45) is 0 Å². The van der Waals surface area contributed by atoms with E-state index >= 15 is 0 Å². The minimum atomic E-state index is -3.41. The number of carbonyl (C=O) groups is 1. The summed E-state index contributed by atoms with van der Waals surface area (Å²) in [6, 6.07) is 12.3. The summed E-state index contributed by atoms with van der Waals surface area (Å²) in [5.74, 6) is -0.282. The van der Waals surface area contributed by atoms with Crippen molar-refractivity contribution in [1.82, 2.24) is 14.5 Å². The van der Waals surface area contributed by atoms with Crippen molar-refractivity contribution < 1.29 is 13.2 Å². The van der Waals surface area contributed by atoms with Crippen LogP contribution in [0.2, 0.25) is 0 Å². The van der Waals surface area contributed by atoms with Crippen molar-refractivity contribution in [3.05, 3.63) is 72.3 Å². The summed E-state index contributed by atoms with van der Waals surface area (Å²) in [5.41, 5.74) is 2.30. The van der Waals surface area contributed by atoms with Crippen LogP contribution in [0.15, 0.2) is 66.1 Å². The van der Waals surface area contributed by atoms with Gasteiger partial charge in [0.2, 0.25) is 0 Å². The van der Waals surface area contributed by atoms with Gasteiger partial charge in [-0.25, -0.2) is 18.4 Å². The lowest BCUT2D eigenvalue weighted by Crippen LogP contribution is -2.32. The highest BCUT2D eigenvalue weighted by Crippen LogP contribution is 2.31. The van der Waals surface area contributed by atoms with E-state index in [0.29, 0.717) is 30.2 Å². The van der Waals surface area contributed by atoms with Crippen molar-refractivity contribution in [2.45, 2.75) is 31.7 Å². The average Bonchev–Trinajstić information content (AvgIpc) is 3.46. The van der Waals surface area contributed by atoms with Crippen molar-refractivity contribution in [2.75, 3.05) is 17.2 Å². The van der Waals surface area contributed by atoms with Gasteiger partial charge in [0.1, 0.15) is 0 Å². The van der Waals surface area contributed by atoms with Gasteiger partial charge < -0.3 is 4.57 Å². The Morgan fingerprint density at radius 2 is 2.03 bits per heavy atom. The van der Waals surface area contributed by atoms with E-state index in [9.17, 15) is 13.2 Å². The number of aromatic nitrogens is 3. The van der Waals surface area contributed by atoms with Crippen LogP contribution in [0, 0.1) is 6.92 Å². The molecule has 7 nitrogen and oxygen atoms in total. The van der Waals surface area contributed by atoms with E-state index < -0.39 is 9.84 Å². The van der Waals surface area contributed by atoms with Crippen LogP contribution in [0.4, 0.5) is 5.13 Å². The lowest BCUT2D eigenvalue weighted by atomic mass is 10.2. The molecule has 0 saturated carbocycles. The molecule has 0 N–H and O–H groups in total. The second kappa shape index (κ2) is 9.22. The summed E-state index contributed by atoms with van der Waals surface area (Å²) in [7, 11) is -3.41. The van der Waals surface area contributed by atoms with Crippen molar-refractivity contribution >= 4 is 42.4 Å². The number of fused-ring (bicyclic) bond motifs is 1. The molecule has 4 rings (SSSR count). The number of amides is 1. The molecule has 0 atom stereocenters. The van der Waals surface area contributed by atoms with Crippen molar-refractivity contribution in [3.63, 3.8) is 0 Å². The second-order valence-corrected chi connectivity index (χ2v) is 10.8. The molecule has 9 heteroatoms. The second-order valence-electron chi connectivity index (χ2n) is 7.51. The van der Waals surface area contributed by atoms with E-state index in [0.717, 1.165) is 15.8 Å². The van der Waals surface area contributed by atoms with Gasteiger partial charge in [0, 0.05) is 31.0 Å². The Balaban J connectivity index is 1.67. The van der Waals surface area contributed by atoms with Crippen LogP contribution in [0.1, 0.15) is 29.3 Å². The quantitative estimate of drug-likeness (QED) is 0.384. The van der Waals surface area contributed by atoms with Gasteiger partial charge in [0.15, 0.2) is 15.0 Å². The molecule has 0 spiro atoms. The molecule has 0 unspecified atom stereocenters. The zero-order valence-electron chi connectivity index (χ0n) is 17.9. The molecule has 2 aromatic carbocycles. The number of imidazole rings is 1. The first-order valence-corrected chi connectivity index (χ1v) is 12.8. The van der Waals surface area contributed by atoms with Gasteiger partial charge in [-0.15, -0.1) is 0 Å². The Bertz CT molecular complexity index is 1340. The average molecular weight is 469 g/mol. The highest BCUT2D eigenvalue weighted by atomic mass is 32.2. The first-order chi connectivity index (χ1) is 15.4. The number of aryl methyl sites for hydroxylation is 2. The number of hydrogen-bond donors (Lipinski definition) is 0. The monoisotopic (exact) mass is 468 g/mol. The van der Waals surface area contributed by atoms with Crippen LogP contribution in [0.25, 0.3) is 10.2 Å². The smallest absolute Gasteiger partial charge is 0.260 e. The first-order valence-electron chi connectivity index (χ1n) is 10.3. The molecule has 166 valence electrons. The lowest BCUT2D eigenvalue weighted by molar-refractivity contribution is 0.0986. The fourth-order valence-electron chi connectivity index (χ4n) is 3.39. The van der Waals surface area contributed by atoms with Crippen molar-refractivity contribution in [1.29, 1.82) is 0 Å². The number of rotatable bonds is 8. The molecule has 0 fully saturated rings. The molecule has 0 aliphatic carbocycles. The van der Waals surface area contributed by atoms with Gasteiger partial charge in [-0.3, -0.25) is 9.69 Å². The van der Waals surface area contributed by atoms with Gasteiger partial charge in [-0.2, -0.15) is 0 Å². The highest BCUT2D eigenvalue weighted by Gasteiger charge is 2.23. The Labute approximate surface area is 191 Å². The zero-order chi connectivity index (χ0) is 22.7. The molecule has 0 aliphatic rings. The molecule has 0 bridgehead atoms. The molecule has 0 aliphatic heterocycles. The predicted octanol–water partition coefficient (Wildman–Crippen LogP) is 4.33. The predicted molar refractivity (Wildman–Crippen MR) is 127 cm³/mol.